The minimum absolute atomic E-state index is 0.0572. The van der Waals surface area contributed by atoms with Crippen LogP contribution < -0.4 is 0 Å². The molecule has 7 heteroatoms. The zero-order chi connectivity index (χ0) is 11.1. The van der Waals surface area contributed by atoms with Gasteiger partial charge in [0, 0.05) is 19.3 Å². The molecule has 2 rings (SSSR count). The molecule has 15 heavy (non-hydrogen) atoms. The fraction of sp³-hybridized carbons (Fsp3) is 0.500. The summed E-state index contributed by atoms with van der Waals surface area (Å²) in [6.07, 6.45) is 4.29. The van der Waals surface area contributed by atoms with Crippen molar-refractivity contribution in [1.82, 2.24) is 14.1 Å². The average molecular weight is 226 g/mol. The topological polar surface area (TPSA) is 79.0 Å². The molecular weight excluding hydrogens is 216 g/mol. The highest BCUT2D eigenvalue weighted by Gasteiger charge is 2.34. The van der Waals surface area contributed by atoms with Crippen LogP contribution in [0.25, 0.3) is 0 Å². The van der Waals surface area contributed by atoms with E-state index >= 15 is 0 Å². The summed E-state index contributed by atoms with van der Waals surface area (Å²) >= 11 is 0. The molecule has 0 aromatic carbocycles. The van der Waals surface area contributed by atoms with E-state index < -0.39 is 10.0 Å². The Kier molecular flexibility index (Phi) is 2.25. The number of aromatic nitrogens is 2. The Morgan fingerprint density at radius 2 is 2.27 bits per heavy atom. The molecule has 0 saturated carbocycles. The molecule has 0 bridgehead atoms. The standard InChI is InChI=1S/C8H10N4O2S/c1-15(13,14)11-5-8(6-11)12-4-7(2-9)3-10-12/h3-4,8H,5-6H2,1H3. The van der Waals surface area contributed by atoms with E-state index in [0.29, 0.717) is 18.7 Å². The predicted molar refractivity (Wildman–Crippen MR) is 52.4 cm³/mol. The van der Waals surface area contributed by atoms with Crippen LogP contribution in [-0.2, 0) is 10.0 Å². The Labute approximate surface area is 87.8 Å². The van der Waals surface area contributed by atoms with E-state index in [-0.39, 0.29) is 6.04 Å². The maximum absolute atomic E-state index is 11.1. The Bertz CT molecular complexity index is 507. The van der Waals surface area contributed by atoms with Gasteiger partial charge in [0.05, 0.1) is 24.1 Å². The van der Waals surface area contributed by atoms with Crippen LogP contribution in [0.2, 0.25) is 0 Å². The van der Waals surface area contributed by atoms with E-state index in [0.717, 1.165) is 0 Å². The normalized spacial score (nSPS) is 18.4. The Balaban J connectivity index is 2.04. The van der Waals surface area contributed by atoms with Gasteiger partial charge in [0.15, 0.2) is 0 Å². The van der Waals surface area contributed by atoms with Gasteiger partial charge in [0.25, 0.3) is 0 Å². The third kappa shape index (κ3) is 1.86. The first kappa shape index (κ1) is 10.1. The van der Waals surface area contributed by atoms with Crippen molar-refractivity contribution in [2.75, 3.05) is 19.3 Å². The summed E-state index contributed by atoms with van der Waals surface area (Å²) in [5.74, 6) is 0. The highest BCUT2D eigenvalue weighted by atomic mass is 32.2. The van der Waals surface area contributed by atoms with Gasteiger partial charge in [0.1, 0.15) is 6.07 Å². The van der Waals surface area contributed by atoms with Gasteiger partial charge < -0.3 is 0 Å². The Hall–Kier alpha value is -1.39. The minimum Gasteiger partial charge on any atom is -0.266 e. The van der Waals surface area contributed by atoms with Crippen molar-refractivity contribution in [2.24, 2.45) is 0 Å². The number of nitriles is 1. The Morgan fingerprint density at radius 1 is 1.60 bits per heavy atom. The van der Waals surface area contributed by atoms with Gasteiger partial charge in [-0.2, -0.15) is 14.7 Å². The van der Waals surface area contributed by atoms with Crippen molar-refractivity contribution >= 4 is 10.0 Å². The maximum Gasteiger partial charge on any atom is 0.211 e. The van der Waals surface area contributed by atoms with Gasteiger partial charge >= 0.3 is 0 Å². The maximum atomic E-state index is 11.1. The highest BCUT2D eigenvalue weighted by molar-refractivity contribution is 7.88. The van der Waals surface area contributed by atoms with Gasteiger partial charge in [-0.25, -0.2) is 8.42 Å². The predicted octanol–water partition coefficient (Wildman–Crippen LogP) is -0.429. The molecule has 1 fully saturated rings. The van der Waals surface area contributed by atoms with E-state index in [1.807, 2.05) is 6.07 Å². The molecule has 0 radical (unpaired) electrons. The lowest BCUT2D eigenvalue weighted by Crippen LogP contribution is -2.50. The first-order valence-corrected chi connectivity index (χ1v) is 6.25. The van der Waals surface area contributed by atoms with Crippen molar-refractivity contribution in [3.05, 3.63) is 18.0 Å². The highest BCUT2D eigenvalue weighted by Crippen LogP contribution is 2.22. The molecule has 1 aromatic heterocycles. The quantitative estimate of drug-likeness (QED) is 0.685. The van der Waals surface area contributed by atoms with Crippen molar-refractivity contribution in [2.45, 2.75) is 6.04 Å². The van der Waals surface area contributed by atoms with Crippen molar-refractivity contribution in [3.8, 4) is 6.07 Å². The second-order valence-corrected chi connectivity index (χ2v) is 5.54. The SMILES string of the molecule is CS(=O)(=O)N1CC(n2cc(C#N)cn2)C1. The van der Waals surface area contributed by atoms with E-state index in [9.17, 15) is 8.42 Å². The van der Waals surface area contributed by atoms with Crippen LogP contribution in [0.1, 0.15) is 11.6 Å². The van der Waals surface area contributed by atoms with E-state index in [2.05, 4.69) is 5.10 Å². The monoisotopic (exact) mass is 226 g/mol. The summed E-state index contributed by atoms with van der Waals surface area (Å²) < 4.78 is 25.2. The molecule has 1 saturated heterocycles. The molecule has 6 nitrogen and oxygen atoms in total. The molecule has 0 N–H and O–H groups in total. The van der Waals surface area contributed by atoms with Crippen LogP contribution in [0.5, 0.6) is 0 Å². The molecule has 1 aliphatic heterocycles. The minimum atomic E-state index is -3.08. The first-order chi connectivity index (χ1) is 7.00. The molecular formula is C8H10N4O2S. The lowest BCUT2D eigenvalue weighted by molar-refractivity contribution is 0.192. The van der Waals surface area contributed by atoms with Gasteiger partial charge in [0.2, 0.25) is 10.0 Å². The van der Waals surface area contributed by atoms with Gasteiger partial charge in [-0.1, -0.05) is 0 Å². The van der Waals surface area contributed by atoms with Crippen LogP contribution in [0.15, 0.2) is 12.4 Å². The molecule has 0 spiro atoms. The van der Waals surface area contributed by atoms with E-state index in [4.69, 9.17) is 5.26 Å². The number of hydrogen-bond acceptors (Lipinski definition) is 4. The van der Waals surface area contributed by atoms with Crippen LogP contribution in [-0.4, -0.2) is 41.8 Å². The fourth-order valence-corrected chi connectivity index (χ4v) is 2.34. The molecule has 1 aliphatic rings. The summed E-state index contributed by atoms with van der Waals surface area (Å²) in [6.45, 7) is 0.872. The summed E-state index contributed by atoms with van der Waals surface area (Å²) in [7, 11) is -3.08. The summed E-state index contributed by atoms with van der Waals surface area (Å²) in [5, 5.41) is 12.6. The van der Waals surface area contributed by atoms with Crippen LogP contribution in [0, 0.1) is 11.3 Å². The van der Waals surface area contributed by atoms with E-state index in [1.54, 1.807) is 10.9 Å². The van der Waals surface area contributed by atoms with E-state index in [1.165, 1.54) is 16.8 Å². The average Bonchev–Trinajstić information content (AvgIpc) is 2.47. The second-order valence-electron chi connectivity index (χ2n) is 3.55. The van der Waals surface area contributed by atoms with Crippen molar-refractivity contribution in [3.63, 3.8) is 0 Å². The number of sulfonamides is 1. The molecule has 2 heterocycles. The fourth-order valence-electron chi connectivity index (χ4n) is 1.45. The molecule has 0 aliphatic carbocycles. The van der Waals surface area contributed by atoms with Crippen molar-refractivity contribution < 1.29 is 8.42 Å². The molecule has 1 aromatic rings. The second kappa shape index (κ2) is 3.32. The molecule has 0 unspecified atom stereocenters. The number of rotatable bonds is 2. The first-order valence-electron chi connectivity index (χ1n) is 4.40. The summed E-state index contributed by atoms with van der Waals surface area (Å²) in [4.78, 5) is 0. The molecule has 0 atom stereocenters. The zero-order valence-electron chi connectivity index (χ0n) is 8.16. The van der Waals surface area contributed by atoms with Crippen LogP contribution in [0.4, 0.5) is 0 Å². The number of hydrogen-bond donors (Lipinski definition) is 0. The van der Waals surface area contributed by atoms with Gasteiger partial charge in [-0.05, 0) is 0 Å². The van der Waals surface area contributed by atoms with Crippen LogP contribution >= 0.6 is 0 Å². The molecule has 0 amide bonds. The molecule has 80 valence electrons. The Morgan fingerprint density at radius 3 is 2.73 bits per heavy atom. The van der Waals surface area contributed by atoms with Gasteiger partial charge in [-0.3, -0.25) is 4.68 Å². The number of nitrogens with zero attached hydrogens (tertiary/aromatic N) is 4. The van der Waals surface area contributed by atoms with Crippen LogP contribution in [0.3, 0.4) is 0 Å². The van der Waals surface area contributed by atoms with Gasteiger partial charge in [-0.15, -0.1) is 0 Å². The third-order valence-electron chi connectivity index (χ3n) is 2.40. The largest absolute Gasteiger partial charge is 0.266 e. The summed E-state index contributed by atoms with van der Waals surface area (Å²) in [5.41, 5.74) is 0.493. The lowest BCUT2D eigenvalue weighted by atomic mass is 10.2. The van der Waals surface area contributed by atoms with Crippen molar-refractivity contribution in [1.29, 1.82) is 5.26 Å². The summed E-state index contributed by atoms with van der Waals surface area (Å²) in [6, 6.07) is 2.03. The zero-order valence-corrected chi connectivity index (χ0v) is 8.98. The lowest BCUT2D eigenvalue weighted by Gasteiger charge is -2.36. The smallest absolute Gasteiger partial charge is 0.211 e. The third-order valence-corrected chi connectivity index (χ3v) is 3.64.